The van der Waals surface area contributed by atoms with Gasteiger partial charge < -0.3 is 10.1 Å². The summed E-state index contributed by atoms with van der Waals surface area (Å²) in [6, 6.07) is 3.00. The molecule has 1 saturated heterocycles. The van der Waals surface area contributed by atoms with Gasteiger partial charge in [0.05, 0.1) is 25.5 Å². The fraction of sp³-hybridized carbons (Fsp3) is 0.333. The molecule has 1 amide bonds. The predicted octanol–water partition coefficient (Wildman–Crippen LogP) is 2.17. The summed E-state index contributed by atoms with van der Waals surface area (Å²) in [5.74, 6) is -2.58. The minimum absolute atomic E-state index is 0.0376. The SMILES string of the molecule is C=CN=C(CNC(=O)c1ccc(F)c(F)c1)C(=C)CN1CCOCC1. The van der Waals surface area contributed by atoms with Gasteiger partial charge in [0.2, 0.25) is 0 Å². The first kappa shape index (κ1) is 19.0. The van der Waals surface area contributed by atoms with Crippen LogP contribution in [0.2, 0.25) is 0 Å². The molecule has 0 spiro atoms. The summed E-state index contributed by atoms with van der Waals surface area (Å²) >= 11 is 0. The minimum atomic E-state index is -1.07. The van der Waals surface area contributed by atoms with Crippen LogP contribution in [0.15, 0.2) is 48.1 Å². The Morgan fingerprint density at radius 2 is 2.04 bits per heavy atom. The van der Waals surface area contributed by atoms with E-state index in [9.17, 15) is 13.6 Å². The molecule has 134 valence electrons. The van der Waals surface area contributed by atoms with E-state index in [0.717, 1.165) is 30.8 Å². The summed E-state index contributed by atoms with van der Waals surface area (Å²) in [6.45, 7) is 11.3. The van der Waals surface area contributed by atoms with Crippen molar-refractivity contribution in [3.63, 3.8) is 0 Å². The summed E-state index contributed by atoms with van der Waals surface area (Å²) in [5.41, 5.74) is 1.38. The Labute approximate surface area is 145 Å². The molecule has 1 aromatic carbocycles. The molecule has 1 fully saturated rings. The van der Waals surface area contributed by atoms with Crippen LogP contribution in [-0.2, 0) is 4.74 Å². The Morgan fingerprint density at radius 3 is 2.68 bits per heavy atom. The first-order valence-electron chi connectivity index (χ1n) is 7.90. The highest BCUT2D eigenvalue weighted by atomic mass is 19.2. The maximum Gasteiger partial charge on any atom is 0.251 e. The van der Waals surface area contributed by atoms with E-state index in [-0.39, 0.29) is 12.1 Å². The highest BCUT2D eigenvalue weighted by Gasteiger charge is 2.15. The summed E-state index contributed by atoms with van der Waals surface area (Å²) in [6.07, 6.45) is 1.38. The van der Waals surface area contributed by atoms with Gasteiger partial charge in [0.15, 0.2) is 11.6 Å². The van der Waals surface area contributed by atoms with Crippen molar-refractivity contribution in [3.05, 3.63) is 60.3 Å². The van der Waals surface area contributed by atoms with E-state index < -0.39 is 17.5 Å². The van der Waals surface area contributed by atoms with Gasteiger partial charge in [-0.3, -0.25) is 14.7 Å². The molecule has 7 heteroatoms. The minimum Gasteiger partial charge on any atom is -0.379 e. The molecule has 2 rings (SSSR count). The van der Waals surface area contributed by atoms with Crippen molar-refractivity contribution in [1.29, 1.82) is 0 Å². The van der Waals surface area contributed by atoms with E-state index in [0.29, 0.717) is 25.5 Å². The molecule has 0 aromatic heterocycles. The van der Waals surface area contributed by atoms with Crippen molar-refractivity contribution in [2.45, 2.75) is 0 Å². The van der Waals surface area contributed by atoms with Gasteiger partial charge in [0.25, 0.3) is 5.91 Å². The Morgan fingerprint density at radius 1 is 1.32 bits per heavy atom. The molecule has 0 saturated carbocycles. The Hall–Kier alpha value is -2.38. The number of hydrogen-bond acceptors (Lipinski definition) is 4. The number of rotatable bonds is 7. The first-order chi connectivity index (χ1) is 12.0. The standard InChI is InChI=1S/C18H21F2N3O2/c1-3-21-17(13(2)12-23-6-8-25-9-7-23)11-22-18(24)14-4-5-15(19)16(20)10-14/h3-5,10H,1-2,6-9,11-12H2,(H,22,24). The van der Waals surface area contributed by atoms with E-state index in [1.165, 1.54) is 12.3 Å². The van der Waals surface area contributed by atoms with Crippen LogP contribution in [0.25, 0.3) is 0 Å². The van der Waals surface area contributed by atoms with Crippen LogP contribution < -0.4 is 5.32 Å². The largest absolute Gasteiger partial charge is 0.379 e. The maximum absolute atomic E-state index is 13.2. The smallest absolute Gasteiger partial charge is 0.251 e. The third kappa shape index (κ3) is 5.58. The molecule has 0 bridgehead atoms. The second kappa shape index (κ2) is 9.19. The molecule has 0 atom stereocenters. The summed E-state index contributed by atoms with van der Waals surface area (Å²) in [4.78, 5) is 18.4. The number of amides is 1. The third-order valence-corrected chi connectivity index (χ3v) is 3.77. The van der Waals surface area contributed by atoms with E-state index in [2.05, 4.69) is 28.4 Å². The number of carbonyl (C=O) groups is 1. The second-order valence-electron chi connectivity index (χ2n) is 5.56. The normalized spacial score (nSPS) is 15.7. The second-order valence-corrected chi connectivity index (χ2v) is 5.56. The topological polar surface area (TPSA) is 53.9 Å². The average molecular weight is 349 g/mol. The van der Waals surface area contributed by atoms with Crippen LogP contribution in [0.3, 0.4) is 0 Å². The van der Waals surface area contributed by atoms with Gasteiger partial charge in [0.1, 0.15) is 0 Å². The number of aliphatic imine (C=N–C) groups is 1. The summed E-state index contributed by atoms with van der Waals surface area (Å²) in [7, 11) is 0. The molecule has 5 nitrogen and oxygen atoms in total. The van der Waals surface area contributed by atoms with Gasteiger partial charge in [0, 0.05) is 31.4 Å². The Kier molecular flexibility index (Phi) is 6.97. The number of halogens is 2. The van der Waals surface area contributed by atoms with Gasteiger partial charge in [-0.2, -0.15) is 0 Å². The van der Waals surface area contributed by atoms with Crippen molar-refractivity contribution in [2.24, 2.45) is 4.99 Å². The van der Waals surface area contributed by atoms with Crippen molar-refractivity contribution < 1.29 is 18.3 Å². The number of ether oxygens (including phenoxy) is 1. The Balaban J connectivity index is 1.95. The van der Waals surface area contributed by atoms with Crippen molar-refractivity contribution in [2.75, 3.05) is 39.4 Å². The maximum atomic E-state index is 13.2. The van der Waals surface area contributed by atoms with E-state index in [4.69, 9.17) is 4.74 Å². The monoisotopic (exact) mass is 349 g/mol. The zero-order valence-electron chi connectivity index (χ0n) is 13.9. The number of hydrogen-bond donors (Lipinski definition) is 1. The fourth-order valence-electron chi connectivity index (χ4n) is 2.40. The quantitative estimate of drug-likeness (QED) is 0.768. The fourth-order valence-corrected chi connectivity index (χ4v) is 2.40. The zero-order chi connectivity index (χ0) is 18.2. The first-order valence-corrected chi connectivity index (χ1v) is 7.90. The Bertz CT molecular complexity index is 683. The highest BCUT2D eigenvalue weighted by Crippen LogP contribution is 2.09. The van der Waals surface area contributed by atoms with Crippen LogP contribution in [-0.4, -0.2) is 55.9 Å². The van der Waals surface area contributed by atoms with Crippen LogP contribution >= 0.6 is 0 Å². The molecule has 0 aliphatic carbocycles. The lowest BCUT2D eigenvalue weighted by Crippen LogP contribution is -2.39. The summed E-state index contributed by atoms with van der Waals surface area (Å²) < 4.78 is 31.5. The molecule has 1 aromatic rings. The lowest BCUT2D eigenvalue weighted by atomic mass is 10.1. The van der Waals surface area contributed by atoms with E-state index in [1.54, 1.807) is 0 Å². The van der Waals surface area contributed by atoms with Crippen LogP contribution in [0.1, 0.15) is 10.4 Å². The number of morpholine rings is 1. The zero-order valence-corrected chi connectivity index (χ0v) is 13.9. The van der Waals surface area contributed by atoms with Gasteiger partial charge in [-0.1, -0.05) is 13.2 Å². The molecule has 1 N–H and O–H groups in total. The van der Waals surface area contributed by atoms with E-state index in [1.807, 2.05) is 0 Å². The average Bonchev–Trinajstić information content (AvgIpc) is 2.61. The third-order valence-electron chi connectivity index (χ3n) is 3.77. The molecular weight excluding hydrogens is 328 g/mol. The molecule has 0 unspecified atom stereocenters. The van der Waals surface area contributed by atoms with Gasteiger partial charge >= 0.3 is 0 Å². The molecule has 25 heavy (non-hydrogen) atoms. The van der Waals surface area contributed by atoms with E-state index >= 15 is 0 Å². The predicted molar refractivity (Wildman–Crippen MR) is 92.7 cm³/mol. The van der Waals surface area contributed by atoms with Crippen LogP contribution in [0.4, 0.5) is 8.78 Å². The van der Waals surface area contributed by atoms with Crippen LogP contribution in [0, 0.1) is 11.6 Å². The van der Waals surface area contributed by atoms with Crippen molar-refractivity contribution in [1.82, 2.24) is 10.2 Å². The van der Waals surface area contributed by atoms with Crippen molar-refractivity contribution in [3.8, 4) is 0 Å². The molecule has 0 radical (unpaired) electrons. The van der Waals surface area contributed by atoms with Crippen LogP contribution in [0.5, 0.6) is 0 Å². The van der Waals surface area contributed by atoms with Crippen molar-refractivity contribution >= 4 is 11.6 Å². The number of carbonyl (C=O) groups excluding carboxylic acids is 1. The number of nitrogens with zero attached hydrogens (tertiary/aromatic N) is 2. The molecular formula is C18H21F2N3O2. The molecule has 1 heterocycles. The van der Waals surface area contributed by atoms with Gasteiger partial charge in [-0.05, 0) is 23.8 Å². The lowest BCUT2D eigenvalue weighted by molar-refractivity contribution is 0.0428. The van der Waals surface area contributed by atoms with Gasteiger partial charge in [-0.15, -0.1) is 0 Å². The number of nitrogens with one attached hydrogen (secondary N) is 1. The van der Waals surface area contributed by atoms with Gasteiger partial charge in [-0.25, -0.2) is 8.78 Å². The highest BCUT2D eigenvalue weighted by molar-refractivity contribution is 6.05. The molecule has 1 aliphatic rings. The summed E-state index contributed by atoms with van der Waals surface area (Å²) in [5, 5.41) is 2.64. The number of benzene rings is 1. The lowest BCUT2D eigenvalue weighted by Gasteiger charge is -2.27. The molecule has 1 aliphatic heterocycles.